The van der Waals surface area contributed by atoms with Crippen LogP contribution < -0.4 is 5.32 Å². The zero-order valence-corrected chi connectivity index (χ0v) is 16.5. The second kappa shape index (κ2) is 8.11. The molecule has 0 bridgehead atoms. The van der Waals surface area contributed by atoms with Crippen molar-refractivity contribution < 1.29 is 4.39 Å². The Bertz CT molecular complexity index is 966. The molecular weight excluding hydrogens is 379 g/mol. The number of aromatic nitrogens is 4. The second-order valence-electron chi connectivity index (χ2n) is 7.46. The maximum atomic E-state index is 14.0. The molecule has 148 valence electrons. The number of likely N-dealkylation sites (tertiary alicyclic amines) is 1. The van der Waals surface area contributed by atoms with Crippen molar-refractivity contribution in [3.8, 4) is 0 Å². The number of hydrogen-bond acceptors (Lipinski definition) is 5. The summed E-state index contributed by atoms with van der Waals surface area (Å²) in [7, 11) is 0. The molecule has 3 aromatic rings. The Morgan fingerprint density at radius 2 is 1.96 bits per heavy atom. The summed E-state index contributed by atoms with van der Waals surface area (Å²) in [5.41, 5.74) is 1.87. The van der Waals surface area contributed by atoms with Crippen molar-refractivity contribution in [3.05, 3.63) is 53.5 Å². The topological polar surface area (TPSA) is 58.9 Å². The van der Waals surface area contributed by atoms with E-state index in [9.17, 15) is 4.39 Å². The van der Waals surface area contributed by atoms with E-state index in [4.69, 9.17) is 0 Å². The summed E-state index contributed by atoms with van der Waals surface area (Å²) in [5.74, 6) is 2.48. The van der Waals surface area contributed by atoms with Crippen LogP contribution in [0.15, 0.2) is 30.5 Å². The first-order valence-corrected chi connectivity index (χ1v) is 9.67. The monoisotopic (exact) mass is 402 g/mol. The van der Waals surface area contributed by atoms with Crippen LogP contribution in [0.3, 0.4) is 0 Å². The predicted octanol–water partition coefficient (Wildman–Crippen LogP) is 2.87. The molecule has 2 aliphatic rings. The highest BCUT2D eigenvalue weighted by Crippen LogP contribution is 2.29. The van der Waals surface area contributed by atoms with Crippen LogP contribution in [0.2, 0.25) is 0 Å². The third kappa shape index (κ3) is 3.50. The largest absolute Gasteiger partial charge is 0.312 e. The number of rotatable bonds is 3. The molecule has 0 aliphatic carbocycles. The minimum atomic E-state index is -0.202. The standard InChI is InChI=1S/C20H23FN6.ClH/c21-17-4-3-15(19-16(17)2-1-7-23-19)13-26-9-5-14(6-10-26)20-25-24-18-12-22-8-11-27(18)20;/h1-4,7,14,22H,5-6,8-13H2;1H. The minimum absolute atomic E-state index is 0. The third-order valence-corrected chi connectivity index (χ3v) is 5.80. The lowest BCUT2D eigenvalue weighted by molar-refractivity contribution is 0.200. The van der Waals surface area contributed by atoms with E-state index in [2.05, 4.69) is 30.0 Å². The fourth-order valence-electron chi connectivity index (χ4n) is 4.33. The summed E-state index contributed by atoms with van der Waals surface area (Å²) in [6, 6.07) is 7.02. The van der Waals surface area contributed by atoms with Crippen molar-refractivity contribution in [3.63, 3.8) is 0 Å². The lowest BCUT2D eigenvalue weighted by Gasteiger charge is -2.32. The third-order valence-electron chi connectivity index (χ3n) is 5.80. The van der Waals surface area contributed by atoms with E-state index >= 15 is 0 Å². The van der Waals surface area contributed by atoms with Crippen molar-refractivity contribution in [1.29, 1.82) is 0 Å². The van der Waals surface area contributed by atoms with Crippen LogP contribution in [0.5, 0.6) is 0 Å². The Kier molecular flexibility index (Phi) is 5.57. The van der Waals surface area contributed by atoms with Gasteiger partial charge < -0.3 is 9.88 Å². The summed E-state index contributed by atoms with van der Waals surface area (Å²) in [6.45, 7) is 5.60. The number of halogens is 2. The van der Waals surface area contributed by atoms with Crippen molar-refractivity contribution in [1.82, 2.24) is 30.0 Å². The van der Waals surface area contributed by atoms with Crippen LogP contribution in [0.25, 0.3) is 10.9 Å². The van der Waals surface area contributed by atoms with Gasteiger partial charge in [-0.05, 0) is 49.7 Å². The molecule has 8 heteroatoms. The van der Waals surface area contributed by atoms with Gasteiger partial charge in [-0.2, -0.15) is 0 Å². The predicted molar refractivity (Wildman–Crippen MR) is 108 cm³/mol. The van der Waals surface area contributed by atoms with E-state index in [-0.39, 0.29) is 18.2 Å². The fourth-order valence-corrected chi connectivity index (χ4v) is 4.33. The summed E-state index contributed by atoms with van der Waals surface area (Å²) in [5, 5.41) is 12.8. The number of fused-ring (bicyclic) bond motifs is 2. The molecule has 0 amide bonds. The first-order chi connectivity index (χ1) is 13.3. The smallest absolute Gasteiger partial charge is 0.147 e. The van der Waals surface area contributed by atoms with Gasteiger partial charge in [0, 0.05) is 37.1 Å². The Morgan fingerprint density at radius 3 is 2.82 bits per heavy atom. The molecule has 1 fully saturated rings. The van der Waals surface area contributed by atoms with E-state index in [1.807, 2.05) is 6.07 Å². The molecule has 2 aliphatic heterocycles. The quantitative estimate of drug-likeness (QED) is 0.730. The Labute approximate surface area is 169 Å². The summed E-state index contributed by atoms with van der Waals surface area (Å²) >= 11 is 0. The summed E-state index contributed by atoms with van der Waals surface area (Å²) in [4.78, 5) is 6.85. The van der Waals surface area contributed by atoms with E-state index in [1.165, 1.54) is 0 Å². The van der Waals surface area contributed by atoms with Crippen LogP contribution >= 0.6 is 12.4 Å². The van der Waals surface area contributed by atoms with E-state index in [0.29, 0.717) is 11.3 Å². The summed E-state index contributed by atoms with van der Waals surface area (Å²) in [6.07, 6.45) is 3.90. The Balaban J connectivity index is 0.00000192. The van der Waals surface area contributed by atoms with Crippen molar-refractivity contribution in [2.75, 3.05) is 19.6 Å². The van der Waals surface area contributed by atoms with Crippen LogP contribution in [0.4, 0.5) is 4.39 Å². The Morgan fingerprint density at radius 1 is 1.11 bits per heavy atom. The first kappa shape index (κ1) is 19.2. The highest BCUT2D eigenvalue weighted by molar-refractivity contribution is 5.85. The van der Waals surface area contributed by atoms with Gasteiger partial charge in [0.25, 0.3) is 0 Å². The zero-order chi connectivity index (χ0) is 18.2. The maximum absolute atomic E-state index is 14.0. The van der Waals surface area contributed by atoms with Gasteiger partial charge >= 0.3 is 0 Å². The van der Waals surface area contributed by atoms with E-state index in [1.54, 1.807) is 24.4 Å². The van der Waals surface area contributed by atoms with Crippen molar-refractivity contribution in [2.45, 2.75) is 38.4 Å². The zero-order valence-electron chi connectivity index (χ0n) is 15.6. The first-order valence-electron chi connectivity index (χ1n) is 9.67. The summed E-state index contributed by atoms with van der Waals surface area (Å²) < 4.78 is 16.3. The molecule has 2 aromatic heterocycles. The van der Waals surface area contributed by atoms with Crippen LogP contribution in [-0.4, -0.2) is 44.3 Å². The number of piperidine rings is 1. The molecule has 0 atom stereocenters. The van der Waals surface area contributed by atoms with Crippen molar-refractivity contribution in [2.24, 2.45) is 0 Å². The molecule has 4 heterocycles. The number of benzene rings is 1. The number of pyridine rings is 1. The maximum Gasteiger partial charge on any atom is 0.147 e. The van der Waals surface area contributed by atoms with Gasteiger partial charge in [0.1, 0.15) is 17.5 Å². The lowest BCUT2D eigenvalue weighted by atomic mass is 9.95. The molecule has 1 N–H and O–H groups in total. The number of hydrogen-bond donors (Lipinski definition) is 1. The molecule has 1 saturated heterocycles. The minimum Gasteiger partial charge on any atom is -0.312 e. The molecule has 0 spiro atoms. The normalized spacial score (nSPS) is 18.0. The van der Waals surface area contributed by atoms with Crippen LogP contribution in [0, 0.1) is 5.82 Å². The number of nitrogens with zero attached hydrogens (tertiary/aromatic N) is 5. The van der Waals surface area contributed by atoms with Gasteiger partial charge in [-0.25, -0.2) is 4.39 Å². The van der Waals surface area contributed by atoms with E-state index in [0.717, 1.165) is 74.8 Å². The molecule has 5 rings (SSSR count). The highest BCUT2D eigenvalue weighted by Gasteiger charge is 2.27. The Hall–Kier alpha value is -2.09. The molecule has 1 aromatic carbocycles. The van der Waals surface area contributed by atoms with Crippen LogP contribution in [0.1, 0.15) is 36.0 Å². The average Bonchev–Trinajstić information content (AvgIpc) is 3.15. The van der Waals surface area contributed by atoms with Gasteiger partial charge in [-0.1, -0.05) is 6.07 Å². The van der Waals surface area contributed by atoms with Gasteiger partial charge in [0.15, 0.2) is 0 Å². The molecule has 0 saturated carbocycles. The van der Waals surface area contributed by atoms with Gasteiger partial charge in [0.05, 0.1) is 12.1 Å². The average molecular weight is 403 g/mol. The molecule has 6 nitrogen and oxygen atoms in total. The van der Waals surface area contributed by atoms with E-state index < -0.39 is 0 Å². The SMILES string of the molecule is Cl.Fc1ccc(CN2CCC(c3nnc4n3CCNC4)CC2)c2ncccc12. The number of nitrogens with one attached hydrogen (secondary N) is 1. The second-order valence-corrected chi connectivity index (χ2v) is 7.46. The highest BCUT2D eigenvalue weighted by atomic mass is 35.5. The van der Waals surface area contributed by atoms with Crippen molar-refractivity contribution >= 4 is 23.3 Å². The van der Waals surface area contributed by atoms with Gasteiger partial charge in [-0.15, -0.1) is 22.6 Å². The molecular formula is C20H24ClFN6. The van der Waals surface area contributed by atoms with Gasteiger partial charge in [0.2, 0.25) is 0 Å². The molecule has 28 heavy (non-hydrogen) atoms. The van der Waals surface area contributed by atoms with Gasteiger partial charge in [-0.3, -0.25) is 9.88 Å². The lowest BCUT2D eigenvalue weighted by Crippen LogP contribution is -2.34. The molecule has 0 unspecified atom stereocenters. The van der Waals surface area contributed by atoms with Crippen LogP contribution in [-0.2, 0) is 19.6 Å². The molecule has 0 radical (unpaired) electrons. The fraction of sp³-hybridized carbons (Fsp3) is 0.450.